The van der Waals surface area contributed by atoms with E-state index in [-0.39, 0.29) is 4.90 Å². The van der Waals surface area contributed by atoms with Gasteiger partial charge in [-0.3, -0.25) is 0 Å². The molecule has 1 aliphatic rings. The number of anilines is 1. The highest BCUT2D eigenvalue weighted by molar-refractivity contribution is 7.89. The lowest BCUT2D eigenvalue weighted by Gasteiger charge is -2.34. The molecule has 0 radical (unpaired) electrons. The zero-order valence-corrected chi connectivity index (χ0v) is 18.9. The van der Waals surface area contributed by atoms with Crippen molar-refractivity contribution in [2.75, 3.05) is 38.2 Å². The minimum absolute atomic E-state index is 0.206. The predicted octanol–water partition coefficient (Wildman–Crippen LogP) is 2.11. The highest BCUT2D eigenvalue weighted by Crippen LogP contribution is 2.28. The molecule has 31 heavy (non-hydrogen) atoms. The highest BCUT2D eigenvalue weighted by atomic mass is 32.2. The molecule has 0 bridgehead atoms. The molecule has 0 atom stereocenters. The monoisotopic (exact) mass is 442 g/mol. The van der Waals surface area contributed by atoms with Gasteiger partial charge in [0.05, 0.1) is 12.8 Å². The summed E-state index contributed by atoms with van der Waals surface area (Å²) >= 11 is 0. The summed E-state index contributed by atoms with van der Waals surface area (Å²) in [6, 6.07) is 10.9. The number of hydrogen-bond donors (Lipinski definition) is 0. The summed E-state index contributed by atoms with van der Waals surface area (Å²) < 4.78 is 34.9. The molecule has 0 aliphatic carbocycles. The molecule has 0 spiro atoms. The summed E-state index contributed by atoms with van der Waals surface area (Å²) in [5.74, 6) is 1.73. The third-order valence-electron chi connectivity index (χ3n) is 5.36. The van der Waals surface area contributed by atoms with Gasteiger partial charge < -0.3 is 9.64 Å². The standard InChI is InChI=1S/C21H26N6O3S/c1-15-5-6-18(30-4)19(13-15)31(28,29)26-11-9-25(10-12-26)20-7-8-21(23-22-20)27-17(3)14-16(2)24-27/h5-8,13-14H,9-12H2,1-4H3. The Balaban J connectivity index is 1.47. The molecular weight excluding hydrogens is 416 g/mol. The van der Waals surface area contributed by atoms with E-state index in [1.54, 1.807) is 16.8 Å². The van der Waals surface area contributed by atoms with Crippen LogP contribution in [0.3, 0.4) is 0 Å². The normalized spacial score (nSPS) is 15.3. The first-order chi connectivity index (χ1) is 14.8. The predicted molar refractivity (Wildman–Crippen MR) is 117 cm³/mol. The Morgan fingerprint density at radius 3 is 2.16 bits per heavy atom. The summed E-state index contributed by atoms with van der Waals surface area (Å²) in [6.07, 6.45) is 0. The van der Waals surface area contributed by atoms with Crippen molar-refractivity contribution in [1.29, 1.82) is 0 Å². The fourth-order valence-corrected chi connectivity index (χ4v) is 5.41. The molecule has 164 valence electrons. The smallest absolute Gasteiger partial charge is 0.246 e. The van der Waals surface area contributed by atoms with Crippen LogP contribution in [0.2, 0.25) is 0 Å². The van der Waals surface area contributed by atoms with Crippen LogP contribution < -0.4 is 9.64 Å². The number of benzene rings is 1. The lowest BCUT2D eigenvalue weighted by Crippen LogP contribution is -2.49. The summed E-state index contributed by atoms with van der Waals surface area (Å²) in [5.41, 5.74) is 2.78. The zero-order chi connectivity index (χ0) is 22.2. The fraction of sp³-hybridized carbons (Fsp3) is 0.381. The van der Waals surface area contributed by atoms with Crippen molar-refractivity contribution in [1.82, 2.24) is 24.3 Å². The van der Waals surface area contributed by atoms with Gasteiger partial charge in [-0.15, -0.1) is 10.2 Å². The number of hydrogen-bond acceptors (Lipinski definition) is 7. The Kier molecular flexibility index (Phi) is 5.67. The van der Waals surface area contributed by atoms with Crippen molar-refractivity contribution >= 4 is 15.8 Å². The van der Waals surface area contributed by atoms with E-state index in [0.29, 0.717) is 37.7 Å². The van der Waals surface area contributed by atoms with Crippen LogP contribution in [0.5, 0.6) is 5.75 Å². The van der Waals surface area contributed by atoms with Gasteiger partial charge in [-0.1, -0.05) is 6.07 Å². The maximum atomic E-state index is 13.2. The lowest BCUT2D eigenvalue weighted by molar-refractivity contribution is 0.373. The molecule has 0 unspecified atom stereocenters. The second kappa shape index (κ2) is 8.27. The molecule has 3 aromatic rings. The van der Waals surface area contributed by atoms with Crippen LogP contribution >= 0.6 is 0 Å². The topological polar surface area (TPSA) is 93.5 Å². The van der Waals surface area contributed by atoms with Crippen molar-refractivity contribution in [3.8, 4) is 11.6 Å². The van der Waals surface area contributed by atoms with E-state index in [1.807, 2.05) is 49.9 Å². The van der Waals surface area contributed by atoms with Gasteiger partial charge in [0.2, 0.25) is 10.0 Å². The van der Waals surface area contributed by atoms with Crippen LogP contribution in [0, 0.1) is 20.8 Å². The molecule has 3 heterocycles. The lowest BCUT2D eigenvalue weighted by atomic mass is 10.2. The number of nitrogens with zero attached hydrogens (tertiary/aromatic N) is 6. The Morgan fingerprint density at radius 2 is 1.58 bits per heavy atom. The average molecular weight is 443 g/mol. The van der Waals surface area contributed by atoms with Crippen molar-refractivity contribution in [3.63, 3.8) is 0 Å². The van der Waals surface area contributed by atoms with Crippen LogP contribution in [0.15, 0.2) is 41.3 Å². The fourth-order valence-electron chi connectivity index (χ4n) is 3.74. The number of aryl methyl sites for hydroxylation is 3. The Bertz CT molecular complexity index is 1180. The summed E-state index contributed by atoms with van der Waals surface area (Å²) in [6.45, 7) is 7.55. The van der Waals surface area contributed by atoms with E-state index < -0.39 is 10.0 Å². The van der Waals surface area contributed by atoms with Gasteiger partial charge >= 0.3 is 0 Å². The minimum Gasteiger partial charge on any atom is -0.495 e. The SMILES string of the molecule is COc1ccc(C)cc1S(=O)(=O)N1CCN(c2ccc(-n3nc(C)cc3C)nn2)CC1. The molecule has 9 nitrogen and oxygen atoms in total. The van der Waals surface area contributed by atoms with E-state index in [0.717, 1.165) is 22.8 Å². The number of methoxy groups -OCH3 is 1. The summed E-state index contributed by atoms with van der Waals surface area (Å²) in [4.78, 5) is 2.25. The van der Waals surface area contributed by atoms with Gasteiger partial charge in [0.15, 0.2) is 11.6 Å². The van der Waals surface area contributed by atoms with Gasteiger partial charge in [0.1, 0.15) is 10.6 Å². The number of rotatable bonds is 5. The number of piperazine rings is 1. The van der Waals surface area contributed by atoms with Crippen molar-refractivity contribution in [2.24, 2.45) is 0 Å². The minimum atomic E-state index is -3.64. The Morgan fingerprint density at radius 1 is 0.903 bits per heavy atom. The summed E-state index contributed by atoms with van der Waals surface area (Å²) in [7, 11) is -2.16. The van der Waals surface area contributed by atoms with Gasteiger partial charge in [-0.05, 0) is 56.7 Å². The number of aromatic nitrogens is 4. The number of ether oxygens (including phenoxy) is 1. The van der Waals surface area contributed by atoms with Crippen LogP contribution in [-0.2, 0) is 10.0 Å². The second-order valence-corrected chi connectivity index (χ2v) is 9.54. The molecule has 1 fully saturated rings. The molecular formula is C21H26N6O3S. The van der Waals surface area contributed by atoms with Crippen molar-refractivity contribution in [3.05, 3.63) is 53.3 Å². The number of sulfonamides is 1. The van der Waals surface area contributed by atoms with Crippen molar-refractivity contribution < 1.29 is 13.2 Å². The van der Waals surface area contributed by atoms with E-state index in [4.69, 9.17) is 4.74 Å². The van der Waals surface area contributed by atoms with Gasteiger partial charge in [0.25, 0.3) is 0 Å². The maximum absolute atomic E-state index is 13.2. The van der Waals surface area contributed by atoms with E-state index in [2.05, 4.69) is 15.3 Å². The molecule has 0 saturated carbocycles. The highest BCUT2D eigenvalue weighted by Gasteiger charge is 2.31. The molecule has 10 heteroatoms. The molecule has 4 rings (SSSR count). The zero-order valence-electron chi connectivity index (χ0n) is 18.1. The van der Waals surface area contributed by atoms with Gasteiger partial charge in [-0.2, -0.15) is 9.40 Å². The van der Waals surface area contributed by atoms with E-state index in [9.17, 15) is 8.42 Å². The molecule has 0 amide bonds. The quantitative estimate of drug-likeness (QED) is 0.597. The average Bonchev–Trinajstić information content (AvgIpc) is 3.12. The van der Waals surface area contributed by atoms with Crippen LogP contribution in [0.4, 0.5) is 5.82 Å². The first-order valence-corrected chi connectivity index (χ1v) is 11.5. The largest absolute Gasteiger partial charge is 0.495 e. The van der Waals surface area contributed by atoms with Gasteiger partial charge in [-0.25, -0.2) is 13.1 Å². The molecule has 1 aromatic carbocycles. The van der Waals surface area contributed by atoms with Crippen LogP contribution in [0.25, 0.3) is 5.82 Å². The summed E-state index contributed by atoms with van der Waals surface area (Å²) in [5, 5.41) is 13.1. The molecule has 1 aliphatic heterocycles. The van der Waals surface area contributed by atoms with Crippen molar-refractivity contribution in [2.45, 2.75) is 25.7 Å². The Labute approximate surface area is 182 Å². The molecule has 0 N–H and O–H groups in total. The third-order valence-corrected chi connectivity index (χ3v) is 7.28. The molecule has 1 saturated heterocycles. The van der Waals surface area contributed by atoms with Crippen LogP contribution in [0.1, 0.15) is 17.0 Å². The first kappa shape index (κ1) is 21.3. The van der Waals surface area contributed by atoms with Crippen LogP contribution in [-0.4, -0.2) is 66.0 Å². The van der Waals surface area contributed by atoms with E-state index in [1.165, 1.54) is 11.4 Å². The molecule has 2 aromatic heterocycles. The van der Waals surface area contributed by atoms with Gasteiger partial charge in [0, 0.05) is 31.9 Å². The van der Waals surface area contributed by atoms with E-state index >= 15 is 0 Å². The maximum Gasteiger partial charge on any atom is 0.246 e. The Hall–Kier alpha value is -2.98. The second-order valence-electron chi connectivity index (χ2n) is 7.63. The first-order valence-electron chi connectivity index (χ1n) is 10.1. The third kappa shape index (κ3) is 4.13.